The van der Waals surface area contributed by atoms with Crippen molar-refractivity contribution in [1.29, 1.82) is 0 Å². The number of aryl methyl sites for hydroxylation is 1. The molecule has 7 nitrogen and oxygen atoms in total. The molecule has 0 unspecified atom stereocenters. The lowest BCUT2D eigenvalue weighted by Gasteiger charge is -2.13. The summed E-state index contributed by atoms with van der Waals surface area (Å²) in [6.07, 6.45) is 3.60. The van der Waals surface area contributed by atoms with Gasteiger partial charge in [0, 0.05) is 40.8 Å². The molecule has 2 aromatic carbocycles. The largest absolute Gasteiger partial charge is 0.464 e. The third-order valence-corrected chi connectivity index (χ3v) is 5.26. The maximum absolute atomic E-state index is 13.7. The smallest absolute Gasteiger partial charge is 0.318 e. The summed E-state index contributed by atoms with van der Waals surface area (Å²) in [7, 11) is 1.87. The van der Waals surface area contributed by atoms with Crippen LogP contribution in [0.1, 0.15) is 6.92 Å². The van der Waals surface area contributed by atoms with Crippen molar-refractivity contribution in [2.24, 2.45) is 7.05 Å². The van der Waals surface area contributed by atoms with Gasteiger partial charge in [-0.15, -0.1) is 0 Å². The molecular formula is C23H18ClN5O2. The van der Waals surface area contributed by atoms with E-state index in [0.29, 0.717) is 28.5 Å². The molecule has 0 saturated carbocycles. The van der Waals surface area contributed by atoms with Crippen LogP contribution in [0.4, 0.5) is 0 Å². The van der Waals surface area contributed by atoms with E-state index in [1.165, 1.54) is 0 Å². The fraction of sp³-hybridized carbons (Fsp3) is 0.130. The molecule has 0 fully saturated rings. The molecule has 3 aromatic heterocycles. The molecule has 0 radical (unpaired) electrons. The maximum atomic E-state index is 13.7. The van der Waals surface area contributed by atoms with Gasteiger partial charge < -0.3 is 4.74 Å². The number of hydrogen-bond donors (Lipinski definition) is 0. The highest BCUT2D eigenvalue weighted by atomic mass is 35.5. The lowest BCUT2D eigenvalue weighted by atomic mass is 10.0. The van der Waals surface area contributed by atoms with Crippen LogP contribution in [0.2, 0.25) is 5.02 Å². The zero-order chi connectivity index (χ0) is 21.5. The lowest BCUT2D eigenvalue weighted by Crippen LogP contribution is -2.21. The summed E-state index contributed by atoms with van der Waals surface area (Å²) in [5.74, 6) is 0. The van der Waals surface area contributed by atoms with E-state index in [4.69, 9.17) is 16.3 Å². The van der Waals surface area contributed by atoms with Crippen molar-refractivity contribution in [2.45, 2.75) is 6.92 Å². The molecule has 0 amide bonds. The Labute approximate surface area is 182 Å². The second-order valence-corrected chi connectivity index (χ2v) is 7.55. The number of pyridine rings is 1. The van der Waals surface area contributed by atoms with Crippen LogP contribution in [0.5, 0.6) is 6.01 Å². The van der Waals surface area contributed by atoms with Crippen molar-refractivity contribution in [3.05, 3.63) is 76.3 Å². The molecule has 5 rings (SSSR count). The highest BCUT2D eigenvalue weighted by molar-refractivity contribution is 6.30. The Morgan fingerprint density at radius 1 is 1.06 bits per heavy atom. The quantitative estimate of drug-likeness (QED) is 0.422. The Morgan fingerprint density at radius 2 is 1.87 bits per heavy atom. The minimum atomic E-state index is -0.195. The molecule has 0 spiro atoms. The fourth-order valence-electron chi connectivity index (χ4n) is 3.63. The summed E-state index contributed by atoms with van der Waals surface area (Å²) in [4.78, 5) is 22.5. The van der Waals surface area contributed by atoms with Gasteiger partial charge in [-0.1, -0.05) is 17.7 Å². The van der Waals surface area contributed by atoms with Crippen LogP contribution in [0, 0.1) is 0 Å². The number of fused-ring (bicyclic) bond motifs is 2. The highest BCUT2D eigenvalue weighted by Gasteiger charge is 2.16. The number of rotatable bonds is 4. The maximum Gasteiger partial charge on any atom is 0.318 e. The van der Waals surface area contributed by atoms with Gasteiger partial charge in [-0.2, -0.15) is 10.1 Å². The zero-order valence-corrected chi connectivity index (χ0v) is 17.7. The van der Waals surface area contributed by atoms with Crippen LogP contribution in [0.15, 0.2) is 65.7 Å². The topological polar surface area (TPSA) is 74.8 Å². The first-order chi connectivity index (χ1) is 15.0. The Morgan fingerprint density at radius 3 is 2.65 bits per heavy atom. The van der Waals surface area contributed by atoms with Crippen LogP contribution in [-0.4, -0.2) is 30.9 Å². The first kappa shape index (κ1) is 19.3. The Balaban J connectivity index is 1.81. The number of hydrogen-bond acceptors (Lipinski definition) is 5. The van der Waals surface area contributed by atoms with Crippen LogP contribution in [-0.2, 0) is 7.05 Å². The van der Waals surface area contributed by atoms with E-state index in [2.05, 4.69) is 15.1 Å². The van der Waals surface area contributed by atoms with Gasteiger partial charge in [-0.05, 0) is 55.0 Å². The van der Waals surface area contributed by atoms with Gasteiger partial charge in [0.15, 0.2) is 5.65 Å². The molecule has 0 N–H and O–H groups in total. The molecular weight excluding hydrogens is 414 g/mol. The van der Waals surface area contributed by atoms with Crippen molar-refractivity contribution < 1.29 is 4.74 Å². The van der Waals surface area contributed by atoms with Crippen molar-refractivity contribution >= 4 is 33.5 Å². The number of halogens is 1. The van der Waals surface area contributed by atoms with Crippen LogP contribution in [0.25, 0.3) is 38.8 Å². The number of benzene rings is 2. The average Bonchev–Trinajstić information content (AvgIpc) is 3.14. The molecule has 31 heavy (non-hydrogen) atoms. The highest BCUT2D eigenvalue weighted by Crippen LogP contribution is 2.26. The third kappa shape index (κ3) is 3.43. The minimum absolute atomic E-state index is 0.195. The number of ether oxygens (including phenoxy) is 1. The lowest BCUT2D eigenvalue weighted by molar-refractivity contribution is 0.313. The third-order valence-electron chi connectivity index (χ3n) is 5.01. The standard InChI is InChI=1S/C23H18ClN5O2/c1-3-31-23-25-12-15-11-19(14-4-9-20-16(10-14)13-28(2)27-20)22(30)29(21(15)26-23)18-7-5-17(24)6-8-18/h4-13H,3H2,1-2H3. The first-order valence-electron chi connectivity index (χ1n) is 9.79. The normalized spacial score (nSPS) is 11.3. The average molecular weight is 432 g/mol. The Bertz CT molecular complexity index is 1490. The van der Waals surface area contributed by atoms with E-state index in [9.17, 15) is 4.79 Å². The SMILES string of the molecule is CCOc1ncc2cc(-c3ccc4nn(C)cc4c3)c(=O)n(-c3ccc(Cl)cc3)c2n1. The first-order valence-corrected chi connectivity index (χ1v) is 10.2. The summed E-state index contributed by atoms with van der Waals surface area (Å²) < 4.78 is 8.78. The Hall–Kier alpha value is -3.71. The zero-order valence-electron chi connectivity index (χ0n) is 16.9. The number of nitrogens with zero attached hydrogens (tertiary/aromatic N) is 5. The summed E-state index contributed by atoms with van der Waals surface area (Å²) in [6.45, 7) is 2.29. The van der Waals surface area contributed by atoms with Gasteiger partial charge in [0.25, 0.3) is 5.56 Å². The monoisotopic (exact) mass is 431 g/mol. The van der Waals surface area contributed by atoms with E-state index in [0.717, 1.165) is 21.9 Å². The van der Waals surface area contributed by atoms with Crippen molar-refractivity contribution in [3.63, 3.8) is 0 Å². The van der Waals surface area contributed by atoms with Crippen LogP contribution < -0.4 is 10.3 Å². The summed E-state index contributed by atoms with van der Waals surface area (Å²) >= 11 is 6.07. The summed E-state index contributed by atoms with van der Waals surface area (Å²) in [6, 6.07) is 14.9. The molecule has 5 aromatic rings. The fourth-order valence-corrected chi connectivity index (χ4v) is 3.76. The number of aromatic nitrogens is 5. The van der Waals surface area contributed by atoms with Gasteiger partial charge in [0.1, 0.15) is 0 Å². The van der Waals surface area contributed by atoms with Gasteiger partial charge in [-0.25, -0.2) is 4.98 Å². The van der Waals surface area contributed by atoms with Gasteiger partial charge in [-0.3, -0.25) is 14.0 Å². The van der Waals surface area contributed by atoms with Crippen molar-refractivity contribution in [3.8, 4) is 22.8 Å². The summed E-state index contributed by atoms with van der Waals surface area (Å²) in [5.41, 5.74) is 3.14. The predicted molar refractivity (Wildman–Crippen MR) is 121 cm³/mol. The van der Waals surface area contributed by atoms with E-state index in [1.54, 1.807) is 39.7 Å². The molecule has 154 valence electrons. The van der Waals surface area contributed by atoms with E-state index in [-0.39, 0.29) is 11.6 Å². The van der Waals surface area contributed by atoms with Crippen molar-refractivity contribution in [2.75, 3.05) is 6.61 Å². The second-order valence-electron chi connectivity index (χ2n) is 7.12. The van der Waals surface area contributed by atoms with E-state index in [1.807, 2.05) is 44.4 Å². The molecule has 3 heterocycles. The Kier molecular flexibility index (Phi) is 4.67. The van der Waals surface area contributed by atoms with Gasteiger partial charge in [0.05, 0.1) is 17.8 Å². The molecule has 0 aliphatic carbocycles. The molecule has 0 aliphatic heterocycles. The van der Waals surface area contributed by atoms with E-state index < -0.39 is 0 Å². The second kappa shape index (κ2) is 7.52. The van der Waals surface area contributed by atoms with E-state index >= 15 is 0 Å². The molecule has 0 saturated heterocycles. The molecule has 0 bridgehead atoms. The van der Waals surface area contributed by atoms with Crippen molar-refractivity contribution in [1.82, 2.24) is 24.3 Å². The molecule has 0 atom stereocenters. The minimum Gasteiger partial charge on any atom is -0.464 e. The van der Waals surface area contributed by atoms with Gasteiger partial charge >= 0.3 is 6.01 Å². The molecule has 8 heteroatoms. The summed E-state index contributed by atoms with van der Waals surface area (Å²) in [5, 5.41) is 6.68. The van der Waals surface area contributed by atoms with Crippen LogP contribution >= 0.6 is 11.6 Å². The predicted octanol–water partition coefficient (Wildman–Crippen LogP) is 4.39. The molecule has 0 aliphatic rings. The van der Waals surface area contributed by atoms with Gasteiger partial charge in [0.2, 0.25) is 0 Å². The van der Waals surface area contributed by atoms with Crippen LogP contribution in [0.3, 0.4) is 0 Å².